The van der Waals surface area contributed by atoms with E-state index in [0.29, 0.717) is 13.2 Å². The molecule has 2 heterocycles. The first-order valence-corrected chi connectivity index (χ1v) is 6.92. The van der Waals surface area contributed by atoms with E-state index in [1.54, 1.807) is 0 Å². The van der Waals surface area contributed by atoms with Crippen molar-refractivity contribution in [3.05, 3.63) is 23.3 Å². The average molecular weight is 261 g/mol. The molecule has 0 bridgehead atoms. The monoisotopic (exact) mass is 261 g/mol. The van der Waals surface area contributed by atoms with E-state index in [1.807, 2.05) is 17.9 Å². The first kappa shape index (κ1) is 12.3. The summed E-state index contributed by atoms with van der Waals surface area (Å²) in [5.74, 6) is 1.88. The number of nitrogens with zero attached hydrogens (tertiary/aromatic N) is 1. The van der Waals surface area contributed by atoms with Crippen LogP contribution in [0.25, 0.3) is 0 Å². The molecule has 0 spiro atoms. The van der Waals surface area contributed by atoms with E-state index in [1.165, 1.54) is 11.1 Å². The van der Waals surface area contributed by atoms with Gasteiger partial charge in [-0.25, -0.2) is 0 Å². The minimum absolute atomic E-state index is 0.123. The molecule has 0 fully saturated rings. The third kappa shape index (κ3) is 2.05. The molecular weight excluding hydrogens is 242 g/mol. The Labute approximate surface area is 113 Å². The van der Waals surface area contributed by atoms with Crippen LogP contribution in [0, 0.1) is 0 Å². The van der Waals surface area contributed by atoms with Crippen molar-refractivity contribution in [1.29, 1.82) is 0 Å². The summed E-state index contributed by atoms with van der Waals surface area (Å²) in [6.07, 6.45) is 2.42. The van der Waals surface area contributed by atoms with Crippen molar-refractivity contribution in [3.8, 4) is 11.5 Å². The molecule has 4 nitrogen and oxygen atoms in total. The van der Waals surface area contributed by atoms with Crippen LogP contribution >= 0.6 is 0 Å². The van der Waals surface area contributed by atoms with Crippen LogP contribution in [-0.4, -0.2) is 24.1 Å². The van der Waals surface area contributed by atoms with Gasteiger partial charge in [0.15, 0.2) is 11.5 Å². The van der Waals surface area contributed by atoms with E-state index in [2.05, 4.69) is 13.0 Å². The number of amides is 1. The van der Waals surface area contributed by atoms with Crippen molar-refractivity contribution in [1.82, 2.24) is 4.90 Å². The third-order valence-electron chi connectivity index (χ3n) is 3.96. The molecule has 1 unspecified atom stereocenters. The summed E-state index contributed by atoms with van der Waals surface area (Å²) >= 11 is 0. The molecule has 0 radical (unpaired) electrons. The normalized spacial score (nSPS) is 20.3. The number of rotatable bonds is 2. The molecule has 4 heteroatoms. The minimum atomic E-state index is 0.123. The van der Waals surface area contributed by atoms with Crippen molar-refractivity contribution in [2.45, 2.75) is 39.2 Å². The maximum absolute atomic E-state index is 12.1. The Morgan fingerprint density at radius 3 is 2.84 bits per heavy atom. The van der Waals surface area contributed by atoms with E-state index >= 15 is 0 Å². The maximum atomic E-state index is 12.1. The highest BCUT2D eigenvalue weighted by Crippen LogP contribution is 2.40. The fourth-order valence-electron chi connectivity index (χ4n) is 2.91. The highest BCUT2D eigenvalue weighted by atomic mass is 16.7. The number of fused-ring (bicyclic) bond motifs is 2. The topological polar surface area (TPSA) is 38.8 Å². The molecule has 1 aromatic carbocycles. The zero-order valence-electron chi connectivity index (χ0n) is 11.4. The molecule has 0 N–H and O–H groups in total. The lowest BCUT2D eigenvalue weighted by atomic mass is 9.92. The predicted molar refractivity (Wildman–Crippen MR) is 71.3 cm³/mol. The first-order valence-electron chi connectivity index (χ1n) is 6.92. The highest BCUT2D eigenvalue weighted by Gasteiger charge is 2.29. The molecule has 1 amide bonds. The van der Waals surface area contributed by atoms with Crippen LogP contribution in [0.15, 0.2) is 12.1 Å². The van der Waals surface area contributed by atoms with Gasteiger partial charge < -0.3 is 14.4 Å². The van der Waals surface area contributed by atoms with E-state index in [9.17, 15) is 4.79 Å². The molecule has 0 saturated heterocycles. The Kier molecular flexibility index (Phi) is 3.09. The number of carbonyl (C=O) groups is 1. The van der Waals surface area contributed by atoms with Crippen LogP contribution in [0.5, 0.6) is 11.5 Å². The van der Waals surface area contributed by atoms with E-state index in [0.717, 1.165) is 30.9 Å². The minimum Gasteiger partial charge on any atom is -0.454 e. The average Bonchev–Trinajstić information content (AvgIpc) is 2.84. The standard InChI is InChI=1S/C15H19NO3/c1-3-4-15(17)16-6-5-11-7-13-14(19-9-18-13)8-12(11)10(16)2/h7-8,10H,3-6,9H2,1-2H3. The Balaban J connectivity index is 1.91. The molecule has 2 aliphatic heterocycles. The lowest BCUT2D eigenvalue weighted by Gasteiger charge is -2.35. The van der Waals surface area contributed by atoms with Crippen LogP contribution in [0.1, 0.15) is 43.9 Å². The van der Waals surface area contributed by atoms with Gasteiger partial charge >= 0.3 is 0 Å². The van der Waals surface area contributed by atoms with Gasteiger partial charge in [-0.3, -0.25) is 4.79 Å². The van der Waals surface area contributed by atoms with Gasteiger partial charge in [0, 0.05) is 13.0 Å². The molecule has 0 saturated carbocycles. The van der Waals surface area contributed by atoms with E-state index in [-0.39, 0.29) is 11.9 Å². The van der Waals surface area contributed by atoms with Crippen LogP contribution in [-0.2, 0) is 11.2 Å². The molecule has 1 atom stereocenters. The van der Waals surface area contributed by atoms with Gasteiger partial charge in [-0.05, 0) is 43.0 Å². The molecule has 1 aromatic rings. The number of ether oxygens (including phenoxy) is 2. The highest BCUT2D eigenvalue weighted by molar-refractivity contribution is 5.77. The van der Waals surface area contributed by atoms with Crippen LogP contribution < -0.4 is 9.47 Å². The summed E-state index contributed by atoms with van der Waals surface area (Å²) in [5, 5.41) is 0. The zero-order valence-corrected chi connectivity index (χ0v) is 11.4. The lowest BCUT2D eigenvalue weighted by Crippen LogP contribution is -2.38. The van der Waals surface area contributed by atoms with Gasteiger partial charge in [0.05, 0.1) is 6.04 Å². The van der Waals surface area contributed by atoms with Gasteiger partial charge in [0.25, 0.3) is 0 Å². The van der Waals surface area contributed by atoms with E-state index < -0.39 is 0 Å². The quantitative estimate of drug-likeness (QED) is 0.821. The fraction of sp³-hybridized carbons (Fsp3) is 0.533. The van der Waals surface area contributed by atoms with Crippen molar-refractivity contribution in [3.63, 3.8) is 0 Å². The van der Waals surface area contributed by atoms with Crippen LogP contribution in [0.2, 0.25) is 0 Å². The molecule has 19 heavy (non-hydrogen) atoms. The summed E-state index contributed by atoms with van der Waals surface area (Å²) < 4.78 is 10.8. The Morgan fingerprint density at radius 2 is 2.11 bits per heavy atom. The Bertz CT molecular complexity index is 512. The second kappa shape index (κ2) is 4.76. The van der Waals surface area contributed by atoms with Crippen LogP contribution in [0.4, 0.5) is 0 Å². The first-order chi connectivity index (χ1) is 9.20. The van der Waals surface area contributed by atoms with E-state index in [4.69, 9.17) is 9.47 Å². The predicted octanol–water partition coefficient (Wildman–Crippen LogP) is 2.66. The smallest absolute Gasteiger partial charge is 0.231 e. The van der Waals surface area contributed by atoms with Crippen LogP contribution in [0.3, 0.4) is 0 Å². The van der Waals surface area contributed by atoms with Crippen molar-refractivity contribution in [2.75, 3.05) is 13.3 Å². The summed E-state index contributed by atoms with van der Waals surface area (Å²) in [5.41, 5.74) is 2.47. The summed E-state index contributed by atoms with van der Waals surface area (Å²) in [7, 11) is 0. The lowest BCUT2D eigenvalue weighted by molar-refractivity contribution is -0.133. The summed E-state index contributed by atoms with van der Waals surface area (Å²) in [6.45, 7) is 5.23. The van der Waals surface area contributed by atoms with Gasteiger partial charge in [-0.1, -0.05) is 6.92 Å². The number of hydrogen-bond donors (Lipinski definition) is 0. The number of hydrogen-bond acceptors (Lipinski definition) is 3. The number of carbonyl (C=O) groups excluding carboxylic acids is 1. The molecule has 0 aromatic heterocycles. The van der Waals surface area contributed by atoms with Gasteiger partial charge in [0.2, 0.25) is 12.7 Å². The van der Waals surface area contributed by atoms with Gasteiger partial charge in [-0.2, -0.15) is 0 Å². The molecule has 0 aliphatic carbocycles. The molecular formula is C15H19NO3. The molecule has 102 valence electrons. The van der Waals surface area contributed by atoms with Crippen molar-refractivity contribution in [2.24, 2.45) is 0 Å². The summed E-state index contributed by atoms with van der Waals surface area (Å²) in [6, 6.07) is 4.22. The van der Waals surface area contributed by atoms with Gasteiger partial charge in [-0.15, -0.1) is 0 Å². The Morgan fingerprint density at radius 1 is 1.37 bits per heavy atom. The van der Waals surface area contributed by atoms with Crippen molar-refractivity contribution < 1.29 is 14.3 Å². The molecule has 3 rings (SSSR count). The number of benzene rings is 1. The SMILES string of the molecule is CCCC(=O)N1CCc2cc3c(cc2C1C)OCO3. The Hall–Kier alpha value is -1.71. The second-order valence-electron chi connectivity index (χ2n) is 5.17. The molecule has 2 aliphatic rings. The maximum Gasteiger partial charge on any atom is 0.231 e. The largest absolute Gasteiger partial charge is 0.454 e. The zero-order chi connectivity index (χ0) is 13.4. The van der Waals surface area contributed by atoms with Gasteiger partial charge in [0.1, 0.15) is 0 Å². The van der Waals surface area contributed by atoms with Crippen molar-refractivity contribution >= 4 is 5.91 Å². The third-order valence-corrected chi connectivity index (χ3v) is 3.96. The second-order valence-corrected chi connectivity index (χ2v) is 5.17. The summed E-state index contributed by atoms with van der Waals surface area (Å²) in [4.78, 5) is 14.1. The fourth-order valence-corrected chi connectivity index (χ4v) is 2.91.